The van der Waals surface area contributed by atoms with Crippen molar-refractivity contribution in [1.82, 2.24) is 19.6 Å². The first kappa shape index (κ1) is 91.9. The Hall–Kier alpha value is -5.16. The van der Waals surface area contributed by atoms with E-state index in [2.05, 4.69) is 92.1 Å². The van der Waals surface area contributed by atoms with E-state index in [1.165, 1.54) is 132 Å². The number of esters is 4. The molecule has 0 aliphatic carbocycles. The third-order valence-corrected chi connectivity index (χ3v) is 18.6. The van der Waals surface area contributed by atoms with E-state index in [1.807, 2.05) is 80.5 Å². The zero-order valence-electron chi connectivity index (χ0n) is 63.6. The number of nitrogens with zero attached hydrogens (tertiary/aromatic N) is 4. The van der Waals surface area contributed by atoms with Gasteiger partial charge in [-0.2, -0.15) is 0 Å². The minimum atomic E-state index is -0.187. The van der Waals surface area contributed by atoms with E-state index in [1.54, 1.807) is 0 Å². The molecular formula is C83H138N4O10S2. The highest BCUT2D eigenvalue weighted by Crippen LogP contribution is 2.21. The van der Waals surface area contributed by atoms with Gasteiger partial charge in [-0.05, 0) is 147 Å². The summed E-state index contributed by atoms with van der Waals surface area (Å²) in [4.78, 5) is 83.1. The first-order chi connectivity index (χ1) is 48.2. The molecule has 562 valence electrons. The van der Waals surface area contributed by atoms with Gasteiger partial charge in [-0.15, -0.1) is 0 Å². The summed E-state index contributed by atoms with van der Waals surface area (Å²) in [7, 11) is 8.08. The zero-order chi connectivity index (χ0) is 72.3. The van der Waals surface area contributed by atoms with Crippen LogP contribution in [0.5, 0.6) is 0 Å². The van der Waals surface area contributed by atoms with Crippen molar-refractivity contribution in [2.24, 2.45) is 0 Å². The van der Waals surface area contributed by atoms with Gasteiger partial charge in [-0.25, -0.2) is 0 Å². The second kappa shape index (κ2) is 67.3. The Kier molecular flexibility index (Phi) is 62.5. The Labute approximate surface area is 611 Å². The Morgan fingerprint density at radius 1 is 0.333 bits per heavy atom. The molecular weight excluding hydrogens is 1280 g/mol. The van der Waals surface area contributed by atoms with Crippen LogP contribution in [0.15, 0.2) is 97.1 Å². The normalized spacial score (nSPS) is 11.5. The maximum Gasteiger partial charge on any atom is 0.306 e. The summed E-state index contributed by atoms with van der Waals surface area (Å²) in [6.45, 7) is 14.5. The maximum atomic E-state index is 13.2. The van der Waals surface area contributed by atoms with E-state index in [9.17, 15) is 28.8 Å². The number of carbonyl (C=O) groups excluding carboxylic acids is 6. The van der Waals surface area contributed by atoms with E-state index < -0.39 is 0 Å². The lowest BCUT2D eigenvalue weighted by molar-refractivity contribution is -0.143. The average molecular weight is 1420 g/mol. The van der Waals surface area contributed by atoms with Gasteiger partial charge >= 0.3 is 23.9 Å². The molecule has 99 heavy (non-hydrogen) atoms. The number of rotatable bonds is 61. The van der Waals surface area contributed by atoms with Crippen molar-refractivity contribution < 1.29 is 47.7 Å². The molecule has 0 aliphatic heterocycles. The van der Waals surface area contributed by atoms with E-state index in [-0.39, 0.29) is 34.4 Å². The first-order valence-corrected chi connectivity index (χ1v) is 40.7. The number of carbonyl (C=O) groups is 6. The van der Waals surface area contributed by atoms with Gasteiger partial charge in [0.05, 0.1) is 0 Å². The summed E-state index contributed by atoms with van der Waals surface area (Å²) in [5.41, 5.74) is 4.43. The number of hydrogen-bond donors (Lipinski definition) is 0. The Morgan fingerprint density at radius 3 is 0.990 bits per heavy atom. The highest BCUT2D eigenvalue weighted by molar-refractivity contribution is 8.13. The largest absolute Gasteiger partial charge is 0.461 e. The van der Waals surface area contributed by atoms with Crippen molar-refractivity contribution in [3.8, 4) is 0 Å². The van der Waals surface area contributed by atoms with E-state index in [0.29, 0.717) is 84.7 Å². The molecule has 0 saturated carbocycles. The number of ether oxygens (including phenoxy) is 4. The second-order valence-corrected chi connectivity index (χ2v) is 28.8. The molecule has 0 spiro atoms. The third-order valence-electron chi connectivity index (χ3n) is 16.8. The number of amides is 2. The number of benzene rings is 2. The van der Waals surface area contributed by atoms with Gasteiger partial charge in [0, 0.05) is 76.5 Å². The molecule has 0 atom stereocenters. The third kappa shape index (κ3) is 59.1. The van der Waals surface area contributed by atoms with Crippen molar-refractivity contribution in [1.29, 1.82) is 0 Å². The van der Waals surface area contributed by atoms with Gasteiger partial charge in [0.2, 0.25) is 0 Å². The van der Waals surface area contributed by atoms with E-state index in [4.69, 9.17) is 18.9 Å². The molecule has 2 rings (SSSR count). The molecule has 0 heterocycles. The maximum absolute atomic E-state index is 13.2. The highest BCUT2D eigenvalue weighted by Gasteiger charge is 2.18. The van der Waals surface area contributed by atoms with Crippen LogP contribution in [0.25, 0.3) is 0 Å². The lowest BCUT2D eigenvalue weighted by Gasteiger charge is -2.23. The van der Waals surface area contributed by atoms with Crippen LogP contribution >= 0.6 is 23.5 Å². The predicted molar refractivity (Wildman–Crippen MR) is 419 cm³/mol. The summed E-state index contributed by atoms with van der Waals surface area (Å²) < 4.78 is 21.4. The van der Waals surface area contributed by atoms with Gasteiger partial charge < -0.3 is 38.5 Å². The lowest BCUT2D eigenvalue weighted by atomic mass is 10.0. The molecule has 0 fully saturated rings. The summed E-state index contributed by atoms with van der Waals surface area (Å²) in [6.07, 6.45) is 53.7. The highest BCUT2D eigenvalue weighted by atomic mass is 32.2. The number of allylic oxidation sites excluding steroid dienone is 4. The van der Waals surface area contributed by atoms with Crippen LogP contribution in [0, 0.1) is 0 Å². The van der Waals surface area contributed by atoms with Crippen LogP contribution in [-0.4, -0.2) is 146 Å². The molecule has 0 aliphatic rings. The van der Waals surface area contributed by atoms with Gasteiger partial charge in [0.25, 0.3) is 10.5 Å². The molecule has 0 unspecified atom stereocenters. The van der Waals surface area contributed by atoms with E-state index in [0.717, 1.165) is 144 Å². The van der Waals surface area contributed by atoms with Crippen molar-refractivity contribution in [2.75, 3.05) is 92.3 Å². The molecule has 0 aromatic heterocycles. The number of thioether (sulfide) groups is 2. The van der Waals surface area contributed by atoms with Crippen LogP contribution in [0.3, 0.4) is 0 Å². The number of aryl methyl sites for hydroxylation is 2. The minimum absolute atomic E-state index is 0.104. The average Bonchev–Trinajstić information content (AvgIpc) is 1.18. The van der Waals surface area contributed by atoms with Gasteiger partial charge in [0.1, 0.15) is 26.4 Å². The van der Waals surface area contributed by atoms with Gasteiger partial charge in [-0.1, -0.05) is 264 Å². The van der Waals surface area contributed by atoms with Gasteiger partial charge in [-0.3, -0.25) is 28.8 Å². The quantitative estimate of drug-likeness (QED) is 0.0267. The molecule has 2 aromatic carbocycles. The lowest BCUT2D eigenvalue weighted by Crippen LogP contribution is -2.29. The van der Waals surface area contributed by atoms with Crippen molar-refractivity contribution in [3.63, 3.8) is 0 Å². The Morgan fingerprint density at radius 2 is 0.636 bits per heavy atom. The topological polar surface area (TPSA) is 152 Å². The summed E-state index contributed by atoms with van der Waals surface area (Å²) in [5, 5.41) is 0.222. The minimum Gasteiger partial charge on any atom is -0.461 e. The van der Waals surface area contributed by atoms with Gasteiger partial charge in [0.15, 0.2) is 0 Å². The molecule has 16 heteroatoms. The van der Waals surface area contributed by atoms with Crippen LogP contribution < -0.4 is 0 Å². The Balaban J connectivity index is 0.000000990. The SMILES string of the molecule is CCCCCC/C=C\COC(=O)CCCCCCCN(Cc1cccc(CCC(=O)OC/C=C\CCCCCC)c1)C(=O)SCCN(C)C.CCCCCC/C=C\COC(=O)CCCCCCCN(Cc1cccc(CCCC(=O)OC/C=C\CCCCCC)c1)C(=O)SCCN(C)C. The summed E-state index contributed by atoms with van der Waals surface area (Å²) in [5.74, 6) is 0.932. The molecule has 0 N–H and O–H groups in total. The smallest absolute Gasteiger partial charge is 0.306 e. The monoisotopic (exact) mass is 1410 g/mol. The van der Waals surface area contributed by atoms with Crippen molar-refractivity contribution >= 4 is 57.9 Å². The standard InChI is InChI=1S/C42H70N2O5S.C41H68N2O5S/c1-5-7-9-11-13-18-22-33-48-40(45)29-20-16-15-17-21-31-44(42(47)50-35-32-43(3)4)37-39-28-24-26-38(36-39)27-25-30-41(46)49-34-23-19-14-12-10-8-6-2;1-5-7-9-11-13-18-22-32-47-39(44)27-20-16-15-17-21-30-43(41(46)49-34-31-42(3)4)36-38-26-24-25-37(35-38)28-29-40(45)48-33-23-19-14-12-10-8-6-2/h18-19,22-24,26,28,36H,5-17,20-21,25,27,29-35,37H2,1-4H3;18-19,22-26,35H,5-17,20-21,27-34,36H2,1-4H3/b2*22-18-,23-19-. The fourth-order valence-electron chi connectivity index (χ4n) is 10.7. The molecule has 0 radical (unpaired) electrons. The fourth-order valence-corrected chi connectivity index (χ4v) is 12.7. The zero-order valence-corrected chi connectivity index (χ0v) is 65.2. The molecule has 14 nitrogen and oxygen atoms in total. The molecule has 2 aromatic rings. The molecule has 0 saturated heterocycles. The Bertz CT molecular complexity index is 2470. The fraction of sp³-hybridized carbons (Fsp3) is 0.687. The number of unbranched alkanes of at least 4 members (excludes halogenated alkanes) is 24. The predicted octanol–water partition coefficient (Wildman–Crippen LogP) is 21.0. The van der Waals surface area contributed by atoms with Crippen LogP contribution in [0.4, 0.5) is 9.59 Å². The van der Waals surface area contributed by atoms with Crippen molar-refractivity contribution in [3.05, 3.63) is 119 Å². The molecule has 0 bridgehead atoms. The van der Waals surface area contributed by atoms with Crippen LogP contribution in [-0.2, 0) is 64.1 Å². The summed E-state index contributed by atoms with van der Waals surface area (Å²) in [6, 6.07) is 16.6. The second-order valence-electron chi connectivity index (χ2n) is 26.7. The van der Waals surface area contributed by atoms with Crippen LogP contribution in [0.2, 0.25) is 0 Å². The molecule has 2 amide bonds. The van der Waals surface area contributed by atoms with Crippen molar-refractivity contribution in [2.45, 2.75) is 278 Å². The first-order valence-electron chi connectivity index (χ1n) is 38.7. The summed E-state index contributed by atoms with van der Waals surface area (Å²) >= 11 is 2.77. The van der Waals surface area contributed by atoms with E-state index >= 15 is 0 Å². The number of hydrogen-bond acceptors (Lipinski definition) is 14. The van der Waals surface area contributed by atoms with Crippen LogP contribution in [0.1, 0.15) is 275 Å².